The number of hydrogen-bond donors (Lipinski definition) is 4. The summed E-state index contributed by atoms with van der Waals surface area (Å²) in [4.78, 5) is 36.7. The maximum atomic E-state index is 12.2. The third kappa shape index (κ3) is 14.5. The molecular formula is C20H41O12P3S2. The number of rotatable bonds is 12. The molecule has 1 aliphatic carbocycles. The van der Waals surface area contributed by atoms with Crippen molar-refractivity contribution in [2.24, 2.45) is 5.92 Å². The maximum Gasteiger partial charge on any atom is 0.490 e. The zero-order chi connectivity index (χ0) is 27.5. The van der Waals surface area contributed by atoms with E-state index < -0.39 is 42.3 Å². The lowest BCUT2D eigenvalue weighted by molar-refractivity contribution is -0.0597. The monoisotopic (exact) mass is 630 g/mol. The summed E-state index contributed by atoms with van der Waals surface area (Å²) in [6.07, 6.45) is 14.1. The van der Waals surface area contributed by atoms with Gasteiger partial charge in [0, 0.05) is 6.42 Å². The average molecular weight is 631 g/mol. The van der Waals surface area contributed by atoms with Crippen molar-refractivity contribution in [3.8, 4) is 0 Å². The standard InChI is InChI=1S/C20H41O12P3S2/c1-16(37-36-2)29-19-14-18(17-12-10-8-6-4-3-5-7-9-11-13-17)30-20(19)15-28-34(24,25)32-35(26,27)31-33(21,22)23/h16-20H,3-15H2,1-2H3,(H,24,25)(H,26,27)(H2,21,22,23)/t16-,18-,19?,20-/m1/s1. The lowest BCUT2D eigenvalue weighted by Gasteiger charge is -2.25. The zero-order valence-corrected chi connectivity index (χ0v) is 25.6. The lowest BCUT2D eigenvalue weighted by atomic mass is 9.87. The Labute approximate surface area is 227 Å². The van der Waals surface area contributed by atoms with Gasteiger partial charge >= 0.3 is 23.5 Å². The van der Waals surface area contributed by atoms with Crippen LogP contribution in [0.3, 0.4) is 0 Å². The van der Waals surface area contributed by atoms with Gasteiger partial charge in [0.2, 0.25) is 0 Å². The van der Waals surface area contributed by atoms with E-state index in [4.69, 9.17) is 23.8 Å². The summed E-state index contributed by atoms with van der Waals surface area (Å²) in [5, 5.41) is 0. The van der Waals surface area contributed by atoms with E-state index in [0.717, 1.165) is 25.7 Å². The summed E-state index contributed by atoms with van der Waals surface area (Å²) < 4.78 is 59.7. The van der Waals surface area contributed by atoms with Gasteiger partial charge in [-0.15, -0.1) is 0 Å². The fourth-order valence-corrected chi connectivity index (χ4v) is 9.22. The van der Waals surface area contributed by atoms with Crippen LogP contribution in [0.4, 0.5) is 0 Å². The Morgan fingerprint density at radius 1 is 0.865 bits per heavy atom. The minimum Gasteiger partial charge on any atom is -0.369 e. The van der Waals surface area contributed by atoms with Gasteiger partial charge in [0.05, 0.1) is 18.8 Å². The average Bonchev–Trinajstić information content (AvgIpc) is 3.12. The van der Waals surface area contributed by atoms with E-state index in [-0.39, 0.29) is 11.5 Å². The highest BCUT2D eigenvalue weighted by atomic mass is 33.1. The molecule has 0 spiro atoms. The molecule has 2 rings (SSSR count). The largest absolute Gasteiger partial charge is 0.490 e. The summed E-state index contributed by atoms with van der Waals surface area (Å²) in [6.45, 7) is 1.40. The molecule has 0 aromatic carbocycles. The molecule has 1 saturated heterocycles. The zero-order valence-electron chi connectivity index (χ0n) is 21.3. The first-order valence-electron chi connectivity index (χ1n) is 12.6. The molecule has 1 heterocycles. The topological polar surface area (TPSA) is 178 Å². The van der Waals surface area contributed by atoms with Crippen molar-refractivity contribution in [2.75, 3.05) is 12.9 Å². The molecule has 1 saturated carbocycles. The highest BCUT2D eigenvalue weighted by Crippen LogP contribution is 2.66. The fraction of sp³-hybridized carbons (Fsp3) is 1.00. The molecule has 0 aromatic heterocycles. The van der Waals surface area contributed by atoms with Gasteiger partial charge in [-0.1, -0.05) is 79.4 Å². The van der Waals surface area contributed by atoms with Gasteiger partial charge in [0.15, 0.2) is 0 Å². The molecule has 0 bridgehead atoms. The third-order valence-electron chi connectivity index (χ3n) is 6.32. The van der Waals surface area contributed by atoms with Crippen LogP contribution in [0.5, 0.6) is 0 Å². The van der Waals surface area contributed by atoms with Crippen molar-refractivity contribution in [2.45, 2.75) is 108 Å². The summed E-state index contributed by atoms with van der Waals surface area (Å²) in [5.41, 5.74) is -0.187. The van der Waals surface area contributed by atoms with Gasteiger partial charge in [-0.3, -0.25) is 4.52 Å². The Kier molecular flexibility index (Phi) is 15.2. The van der Waals surface area contributed by atoms with Gasteiger partial charge in [0.1, 0.15) is 11.5 Å². The maximum absolute atomic E-state index is 12.2. The second-order valence-electron chi connectivity index (χ2n) is 9.36. The second-order valence-corrected chi connectivity index (χ2v) is 16.5. The molecule has 0 aromatic rings. The van der Waals surface area contributed by atoms with Crippen LogP contribution in [0, 0.1) is 5.92 Å². The number of phosphoric ester groups is 1. The van der Waals surface area contributed by atoms with Crippen LogP contribution in [0.1, 0.15) is 84.0 Å². The van der Waals surface area contributed by atoms with Crippen LogP contribution in [0.2, 0.25) is 0 Å². The molecule has 4 N–H and O–H groups in total. The third-order valence-corrected chi connectivity index (χ3v) is 12.1. The summed E-state index contributed by atoms with van der Waals surface area (Å²) in [7, 11) is -13.2. The van der Waals surface area contributed by atoms with Crippen LogP contribution >= 0.6 is 45.1 Å². The first-order valence-corrected chi connectivity index (χ1v) is 19.7. The minimum atomic E-state index is -5.58. The highest BCUT2D eigenvalue weighted by Gasteiger charge is 2.44. The van der Waals surface area contributed by atoms with Crippen molar-refractivity contribution in [1.82, 2.24) is 0 Å². The summed E-state index contributed by atoms with van der Waals surface area (Å²) in [6, 6.07) is 0. The van der Waals surface area contributed by atoms with Crippen molar-refractivity contribution in [3.05, 3.63) is 0 Å². The molecule has 3 unspecified atom stereocenters. The Morgan fingerprint density at radius 3 is 1.92 bits per heavy atom. The normalized spacial score (nSPS) is 29.5. The predicted octanol–water partition coefficient (Wildman–Crippen LogP) is 6.15. The van der Waals surface area contributed by atoms with E-state index in [1.807, 2.05) is 13.2 Å². The molecule has 2 fully saturated rings. The molecule has 17 heteroatoms. The van der Waals surface area contributed by atoms with Crippen molar-refractivity contribution in [1.29, 1.82) is 0 Å². The number of hydrogen-bond acceptors (Lipinski definition) is 10. The fourth-order valence-electron chi connectivity index (χ4n) is 4.78. The smallest absolute Gasteiger partial charge is 0.369 e. The number of ether oxygens (including phenoxy) is 2. The molecule has 220 valence electrons. The first kappa shape index (κ1) is 34.2. The van der Waals surface area contributed by atoms with Gasteiger partial charge in [-0.25, -0.2) is 13.7 Å². The summed E-state index contributed by atoms with van der Waals surface area (Å²) >= 11 is 0. The van der Waals surface area contributed by atoms with Gasteiger partial charge in [-0.2, -0.15) is 8.62 Å². The Morgan fingerprint density at radius 2 is 1.41 bits per heavy atom. The first-order chi connectivity index (χ1) is 17.3. The van der Waals surface area contributed by atoms with E-state index in [1.54, 1.807) is 10.8 Å². The Balaban J connectivity index is 2.05. The van der Waals surface area contributed by atoms with Gasteiger partial charge < -0.3 is 29.0 Å². The Hall–Kier alpha value is 1.03. The molecule has 2 aliphatic rings. The molecule has 0 radical (unpaired) electrons. The SMILES string of the molecule is CSS[C@H](C)OC1C[C@H](C2CCCCCCCCCCC2)O[C@@H]1COP(=O)(O)OP(=O)(O)OP(=O)(O)O. The van der Waals surface area contributed by atoms with Crippen LogP contribution < -0.4 is 0 Å². The Bertz CT molecular complexity index is 803. The van der Waals surface area contributed by atoms with Crippen LogP contribution in [0.15, 0.2) is 0 Å². The van der Waals surface area contributed by atoms with Crippen molar-refractivity contribution in [3.63, 3.8) is 0 Å². The van der Waals surface area contributed by atoms with E-state index in [2.05, 4.69) is 8.62 Å². The van der Waals surface area contributed by atoms with Crippen molar-refractivity contribution >= 4 is 45.1 Å². The second kappa shape index (κ2) is 16.5. The van der Waals surface area contributed by atoms with Crippen LogP contribution in [-0.2, 0) is 36.3 Å². The molecule has 1 aliphatic heterocycles. The number of phosphoric acid groups is 3. The van der Waals surface area contributed by atoms with Crippen molar-refractivity contribution < 1.29 is 55.9 Å². The highest BCUT2D eigenvalue weighted by molar-refractivity contribution is 8.76. The van der Waals surface area contributed by atoms with Gasteiger partial charge in [0.25, 0.3) is 0 Å². The van der Waals surface area contributed by atoms with E-state index in [1.165, 1.54) is 55.7 Å². The molecule has 37 heavy (non-hydrogen) atoms. The molecular weight excluding hydrogens is 589 g/mol. The van der Waals surface area contributed by atoms with E-state index >= 15 is 0 Å². The lowest BCUT2D eigenvalue weighted by Crippen LogP contribution is -2.31. The molecule has 0 amide bonds. The molecule has 12 nitrogen and oxygen atoms in total. The van der Waals surface area contributed by atoms with Gasteiger partial charge in [-0.05, 0) is 31.9 Å². The minimum absolute atomic E-state index is 0.131. The predicted molar refractivity (Wildman–Crippen MR) is 143 cm³/mol. The summed E-state index contributed by atoms with van der Waals surface area (Å²) in [5.74, 6) is 0.311. The van der Waals surface area contributed by atoms with Crippen LogP contribution in [0.25, 0.3) is 0 Å². The molecule has 6 atom stereocenters. The van der Waals surface area contributed by atoms with E-state index in [0.29, 0.717) is 12.3 Å². The van der Waals surface area contributed by atoms with Crippen LogP contribution in [-0.4, -0.2) is 56.2 Å². The van der Waals surface area contributed by atoms with E-state index in [9.17, 15) is 23.5 Å². The quantitative estimate of drug-likeness (QED) is 0.110.